The quantitative estimate of drug-likeness (QED) is 0.240. The summed E-state index contributed by atoms with van der Waals surface area (Å²) in [5.41, 5.74) is 0. The predicted molar refractivity (Wildman–Crippen MR) is 121 cm³/mol. The average molecular weight is 492 g/mol. The maximum absolute atomic E-state index is 5.70. The van der Waals surface area contributed by atoms with E-state index >= 15 is 0 Å². The van der Waals surface area contributed by atoms with Crippen molar-refractivity contribution in [2.45, 2.75) is 71.9 Å². The minimum Gasteiger partial charge on any atom is -0.380 e. The van der Waals surface area contributed by atoms with Crippen molar-refractivity contribution in [3.8, 4) is 0 Å². The maximum Gasteiger partial charge on any atom is 0.192 e. The first kappa shape index (κ1) is 24.1. The van der Waals surface area contributed by atoms with E-state index in [4.69, 9.17) is 9.73 Å². The fourth-order valence-electron chi connectivity index (χ4n) is 2.99. The van der Waals surface area contributed by atoms with E-state index < -0.39 is 0 Å². The summed E-state index contributed by atoms with van der Waals surface area (Å²) in [6, 6.07) is 0.512. The molecule has 0 unspecified atom stereocenters. The number of hydrogen-bond acceptors (Lipinski definition) is 4. The molecular weight excluding hydrogens is 455 g/mol. The van der Waals surface area contributed by atoms with Crippen LogP contribution in [0, 0.1) is 12.8 Å². The average Bonchev–Trinajstić information content (AvgIpc) is 2.95. The first-order valence-corrected chi connectivity index (χ1v) is 10.0. The van der Waals surface area contributed by atoms with E-state index in [9.17, 15) is 0 Å². The van der Waals surface area contributed by atoms with Gasteiger partial charge in [0, 0.05) is 26.2 Å². The van der Waals surface area contributed by atoms with E-state index in [2.05, 4.69) is 34.7 Å². The molecule has 0 aliphatic heterocycles. The Balaban J connectivity index is 0.00000364. The lowest BCUT2D eigenvalue weighted by Crippen LogP contribution is -2.45. The lowest BCUT2D eigenvalue weighted by Gasteiger charge is -2.25. The number of ether oxygens (including phenoxy) is 1. The van der Waals surface area contributed by atoms with Crippen LogP contribution in [0.3, 0.4) is 0 Å². The molecule has 0 spiro atoms. The molecule has 1 aliphatic rings. The topological polar surface area (TPSA) is 76.4 Å². The third kappa shape index (κ3) is 9.23. The fourth-order valence-corrected chi connectivity index (χ4v) is 2.99. The van der Waals surface area contributed by atoms with Gasteiger partial charge in [-0.2, -0.15) is 0 Å². The van der Waals surface area contributed by atoms with Gasteiger partial charge in [0.1, 0.15) is 12.4 Å². The molecule has 8 heteroatoms. The largest absolute Gasteiger partial charge is 0.380 e. The standard InChI is InChI=1S/C19H36N6O.HI/c1-15(2)10-12-26-13-11-20-19(22-17-8-6-5-7-9-17)21-14-18-24-23-16(3)25(18)4;/h15,17H,5-14H2,1-4H3,(H2,20,21,22);1H. The van der Waals surface area contributed by atoms with Crippen molar-refractivity contribution >= 4 is 29.9 Å². The number of aromatic nitrogens is 3. The number of halogens is 1. The van der Waals surface area contributed by atoms with Gasteiger partial charge in [0.05, 0.1) is 6.61 Å². The van der Waals surface area contributed by atoms with Crippen molar-refractivity contribution in [3.05, 3.63) is 11.6 Å². The highest BCUT2D eigenvalue weighted by molar-refractivity contribution is 14.0. The van der Waals surface area contributed by atoms with Gasteiger partial charge in [-0.15, -0.1) is 34.2 Å². The number of guanidine groups is 1. The molecule has 0 amide bonds. The Labute approximate surface area is 181 Å². The second kappa shape index (κ2) is 13.3. The van der Waals surface area contributed by atoms with E-state index in [0.29, 0.717) is 25.1 Å². The van der Waals surface area contributed by atoms with Crippen LogP contribution in [0.4, 0.5) is 0 Å². The van der Waals surface area contributed by atoms with Crippen molar-refractivity contribution < 1.29 is 4.74 Å². The van der Waals surface area contributed by atoms with E-state index in [1.165, 1.54) is 32.1 Å². The van der Waals surface area contributed by atoms with Crippen LogP contribution < -0.4 is 10.6 Å². The lowest BCUT2D eigenvalue weighted by molar-refractivity contribution is 0.128. The van der Waals surface area contributed by atoms with Crippen LogP contribution in [0.5, 0.6) is 0 Å². The van der Waals surface area contributed by atoms with Crippen molar-refractivity contribution in [1.82, 2.24) is 25.4 Å². The normalized spacial score (nSPS) is 15.7. The van der Waals surface area contributed by atoms with Gasteiger partial charge in [-0.3, -0.25) is 0 Å². The van der Waals surface area contributed by atoms with Crippen molar-refractivity contribution in [2.24, 2.45) is 18.0 Å². The Morgan fingerprint density at radius 3 is 2.59 bits per heavy atom. The molecule has 1 aliphatic carbocycles. The lowest BCUT2D eigenvalue weighted by atomic mass is 9.96. The first-order chi connectivity index (χ1) is 12.6. The second-order valence-corrected chi connectivity index (χ2v) is 7.59. The molecule has 1 aromatic heterocycles. The molecule has 0 saturated heterocycles. The summed E-state index contributed by atoms with van der Waals surface area (Å²) in [6.45, 7) is 9.18. The zero-order valence-electron chi connectivity index (χ0n) is 17.3. The highest BCUT2D eigenvalue weighted by Gasteiger charge is 2.15. The van der Waals surface area contributed by atoms with Crippen LogP contribution in [0.2, 0.25) is 0 Å². The molecule has 1 saturated carbocycles. The number of aryl methyl sites for hydroxylation is 1. The highest BCUT2D eigenvalue weighted by Crippen LogP contribution is 2.17. The Hall–Kier alpha value is -0.900. The van der Waals surface area contributed by atoms with E-state index in [1.54, 1.807) is 0 Å². The molecule has 1 fully saturated rings. The van der Waals surface area contributed by atoms with Crippen LogP contribution >= 0.6 is 24.0 Å². The monoisotopic (exact) mass is 492 g/mol. The SMILES string of the molecule is Cc1nnc(CN=C(NCCOCCC(C)C)NC2CCCCC2)n1C.I. The Kier molecular flexibility index (Phi) is 11.9. The molecule has 1 aromatic rings. The third-order valence-electron chi connectivity index (χ3n) is 4.89. The van der Waals surface area contributed by atoms with Crippen molar-refractivity contribution in [1.29, 1.82) is 0 Å². The minimum atomic E-state index is 0. The van der Waals surface area contributed by atoms with Gasteiger partial charge < -0.3 is 19.9 Å². The molecule has 0 atom stereocenters. The van der Waals surface area contributed by atoms with Gasteiger partial charge in [-0.1, -0.05) is 33.1 Å². The molecule has 0 aromatic carbocycles. The molecule has 156 valence electrons. The second-order valence-electron chi connectivity index (χ2n) is 7.59. The van der Waals surface area contributed by atoms with Crippen LogP contribution in [-0.2, 0) is 18.3 Å². The Bertz CT molecular complexity index is 554. The Morgan fingerprint density at radius 1 is 1.22 bits per heavy atom. The van der Waals surface area contributed by atoms with Gasteiger partial charge in [0.2, 0.25) is 0 Å². The molecule has 2 rings (SSSR count). The summed E-state index contributed by atoms with van der Waals surface area (Å²) in [4.78, 5) is 4.72. The molecule has 0 bridgehead atoms. The van der Waals surface area contributed by atoms with Gasteiger partial charge in [0.25, 0.3) is 0 Å². The number of nitrogens with one attached hydrogen (secondary N) is 2. The van der Waals surface area contributed by atoms with Crippen LogP contribution in [0.25, 0.3) is 0 Å². The maximum atomic E-state index is 5.70. The van der Waals surface area contributed by atoms with Gasteiger partial charge in [0.15, 0.2) is 11.8 Å². The van der Waals surface area contributed by atoms with Gasteiger partial charge in [-0.05, 0) is 32.1 Å². The summed E-state index contributed by atoms with van der Waals surface area (Å²) in [6.07, 6.45) is 7.48. The first-order valence-electron chi connectivity index (χ1n) is 10.0. The van der Waals surface area contributed by atoms with Crippen molar-refractivity contribution in [3.63, 3.8) is 0 Å². The van der Waals surface area contributed by atoms with E-state index in [-0.39, 0.29) is 24.0 Å². The zero-order chi connectivity index (χ0) is 18.8. The summed E-state index contributed by atoms with van der Waals surface area (Å²) in [5, 5.41) is 15.3. The number of aliphatic imine (C=N–C) groups is 1. The zero-order valence-corrected chi connectivity index (χ0v) is 19.7. The molecular formula is C19H37IN6O. The molecule has 7 nitrogen and oxygen atoms in total. The third-order valence-corrected chi connectivity index (χ3v) is 4.89. The van der Waals surface area contributed by atoms with Crippen LogP contribution in [0.1, 0.15) is 64.0 Å². The summed E-state index contributed by atoms with van der Waals surface area (Å²) < 4.78 is 7.68. The molecule has 27 heavy (non-hydrogen) atoms. The summed E-state index contributed by atoms with van der Waals surface area (Å²) in [7, 11) is 1.98. The number of nitrogens with zero attached hydrogens (tertiary/aromatic N) is 4. The van der Waals surface area contributed by atoms with Crippen LogP contribution in [-0.4, -0.2) is 46.5 Å². The molecule has 2 N–H and O–H groups in total. The van der Waals surface area contributed by atoms with Gasteiger partial charge >= 0.3 is 0 Å². The van der Waals surface area contributed by atoms with Crippen molar-refractivity contribution in [2.75, 3.05) is 19.8 Å². The van der Waals surface area contributed by atoms with E-state index in [0.717, 1.165) is 37.2 Å². The smallest absolute Gasteiger partial charge is 0.192 e. The summed E-state index contributed by atoms with van der Waals surface area (Å²) >= 11 is 0. The number of hydrogen-bond donors (Lipinski definition) is 2. The minimum absolute atomic E-state index is 0. The van der Waals surface area contributed by atoms with E-state index in [1.807, 2.05) is 18.5 Å². The van der Waals surface area contributed by atoms with Gasteiger partial charge in [-0.25, -0.2) is 4.99 Å². The molecule has 1 heterocycles. The predicted octanol–water partition coefficient (Wildman–Crippen LogP) is 3.17. The fraction of sp³-hybridized carbons (Fsp3) is 0.842. The summed E-state index contributed by atoms with van der Waals surface area (Å²) in [5.74, 6) is 3.32. The molecule has 0 radical (unpaired) electrons. The highest BCUT2D eigenvalue weighted by atomic mass is 127. The van der Waals surface area contributed by atoms with Crippen LogP contribution in [0.15, 0.2) is 4.99 Å². The number of rotatable bonds is 9. The Morgan fingerprint density at radius 2 is 1.96 bits per heavy atom.